The molecule has 0 radical (unpaired) electrons. The standard InChI is InChI=1S/C43H33N5/c1-3-39-44-36-19-10-11-20-37(36)47(39)32-23-21-28(22-24-32)29-13-12-14-30(27-29)42-41-34(33-17-8-9-18-35(33)45-42)25-26-38-43(41)46-40(4-2)48(38)31-15-6-5-7-16-31/h5-27H,3-4H2,1-2H3. The normalized spacial score (nSPS) is 11.7. The van der Waals surface area contributed by atoms with E-state index in [1.807, 2.05) is 6.07 Å². The lowest BCUT2D eigenvalue weighted by Crippen LogP contribution is -1.99. The van der Waals surface area contributed by atoms with Crippen LogP contribution in [-0.2, 0) is 12.8 Å². The monoisotopic (exact) mass is 619 g/mol. The maximum Gasteiger partial charge on any atom is 0.114 e. The molecular weight excluding hydrogens is 587 g/mol. The molecule has 0 atom stereocenters. The molecule has 0 bridgehead atoms. The van der Waals surface area contributed by atoms with Crippen molar-refractivity contribution in [2.45, 2.75) is 26.7 Å². The number of pyridine rings is 1. The fourth-order valence-electron chi connectivity index (χ4n) is 7.19. The highest BCUT2D eigenvalue weighted by Crippen LogP contribution is 2.39. The Labute approximate surface area is 278 Å². The van der Waals surface area contributed by atoms with Gasteiger partial charge in [-0.15, -0.1) is 0 Å². The minimum atomic E-state index is 0.821. The molecule has 3 aromatic heterocycles. The van der Waals surface area contributed by atoms with Crippen LogP contribution in [-0.4, -0.2) is 24.1 Å². The molecule has 5 nitrogen and oxygen atoms in total. The number of para-hydroxylation sites is 4. The van der Waals surface area contributed by atoms with Crippen LogP contribution in [0.1, 0.15) is 25.5 Å². The van der Waals surface area contributed by atoms with Gasteiger partial charge < -0.3 is 0 Å². The van der Waals surface area contributed by atoms with E-state index in [2.05, 4.69) is 156 Å². The third kappa shape index (κ3) is 4.43. The molecule has 0 saturated heterocycles. The quantitative estimate of drug-likeness (QED) is 0.174. The second-order valence-electron chi connectivity index (χ2n) is 12.2. The summed E-state index contributed by atoms with van der Waals surface area (Å²) in [5.74, 6) is 2.10. The molecule has 3 heterocycles. The Morgan fingerprint density at radius 2 is 1.12 bits per heavy atom. The summed E-state index contributed by atoms with van der Waals surface area (Å²) in [4.78, 5) is 15.5. The average molecular weight is 620 g/mol. The molecule has 9 rings (SSSR count). The molecule has 0 unspecified atom stereocenters. The van der Waals surface area contributed by atoms with Gasteiger partial charge in [0.2, 0.25) is 0 Å². The van der Waals surface area contributed by atoms with E-state index < -0.39 is 0 Å². The van der Waals surface area contributed by atoms with Crippen molar-refractivity contribution in [1.82, 2.24) is 24.1 Å². The van der Waals surface area contributed by atoms with Crippen LogP contribution in [0, 0.1) is 0 Å². The van der Waals surface area contributed by atoms with E-state index in [9.17, 15) is 0 Å². The molecule has 0 aliphatic carbocycles. The Kier molecular flexibility index (Phi) is 6.64. The lowest BCUT2D eigenvalue weighted by atomic mass is 9.96. The average Bonchev–Trinajstić information content (AvgIpc) is 3.73. The summed E-state index contributed by atoms with van der Waals surface area (Å²) in [5, 5.41) is 3.38. The highest BCUT2D eigenvalue weighted by atomic mass is 15.1. The van der Waals surface area contributed by atoms with Gasteiger partial charge in [-0.1, -0.05) is 98.8 Å². The molecule has 0 spiro atoms. The van der Waals surface area contributed by atoms with Crippen molar-refractivity contribution in [3.63, 3.8) is 0 Å². The van der Waals surface area contributed by atoms with Crippen LogP contribution < -0.4 is 0 Å². The van der Waals surface area contributed by atoms with Gasteiger partial charge in [-0.2, -0.15) is 0 Å². The largest absolute Gasteiger partial charge is 0.296 e. The van der Waals surface area contributed by atoms with Gasteiger partial charge in [0.15, 0.2) is 0 Å². The van der Waals surface area contributed by atoms with Crippen LogP contribution in [0.4, 0.5) is 0 Å². The lowest BCUT2D eigenvalue weighted by Gasteiger charge is -2.13. The Balaban J connectivity index is 1.22. The van der Waals surface area contributed by atoms with Crippen molar-refractivity contribution in [2.24, 2.45) is 0 Å². The van der Waals surface area contributed by atoms with Crippen LogP contribution >= 0.6 is 0 Å². The van der Waals surface area contributed by atoms with Gasteiger partial charge in [0.05, 0.1) is 33.3 Å². The fraction of sp³-hybridized carbons (Fsp3) is 0.0930. The number of aryl methyl sites for hydroxylation is 2. The minimum Gasteiger partial charge on any atom is -0.296 e. The van der Waals surface area contributed by atoms with E-state index >= 15 is 0 Å². The van der Waals surface area contributed by atoms with Crippen molar-refractivity contribution in [1.29, 1.82) is 0 Å². The van der Waals surface area contributed by atoms with Crippen molar-refractivity contribution in [2.75, 3.05) is 0 Å². The zero-order chi connectivity index (χ0) is 32.2. The smallest absolute Gasteiger partial charge is 0.114 e. The Morgan fingerprint density at radius 3 is 1.94 bits per heavy atom. The van der Waals surface area contributed by atoms with Gasteiger partial charge in [-0.05, 0) is 71.1 Å². The third-order valence-electron chi connectivity index (χ3n) is 9.43. The first-order valence-corrected chi connectivity index (χ1v) is 16.7. The number of fused-ring (bicyclic) bond motifs is 6. The van der Waals surface area contributed by atoms with Gasteiger partial charge in [-0.3, -0.25) is 9.13 Å². The number of rotatable bonds is 6. The van der Waals surface area contributed by atoms with Gasteiger partial charge in [-0.25, -0.2) is 15.0 Å². The van der Waals surface area contributed by atoms with Crippen molar-refractivity contribution >= 4 is 43.7 Å². The zero-order valence-electron chi connectivity index (χ0n) is 26.9. The SMILES string of the molecule is CCc1nc2ccccc2n1-c1ccc(-c2cccc(-c3nc4ccccc4c4ccc5c(nc(CC)n5-c5ccccc5)c34)c2)cc1. The summed E-state index contributed by atoms with van der Waals surface area (Å²) < 4.78 is 4.56. The lowest BCUT2D eigenvalue weighted by molar-refractivity contribution is 0.908. The molecule has 9 aromatic rings. The van der Waals surface area contributed by atoms with E-state index in [0.29, 0.717) is 0 Å². The Bertz CT molecular complexity index is 2630. The predicted octanol–water partition coefficient (Wildman–Crippen LogP) is 10.5. The molecule has 0 saturated carbocycles. The summed E-state index contributed by atoms with van der Waals surface area (Å²) in [6.07, 6.45) is 1.68. The first-order chi connectivity index (χ1) is 23.7. The molecule has 48 heavy (non-hydrogen) atoms. The summed E-state index contributed by atoms with van der Waals surface area (Å²) in [7, 11) is 0. The number of nitrogens with zero attached hydrogens (tertiary/aromatic N) is 5. The molecular formula is C43H33N5. The summed E-state index contributed by atoms with van der Waals surface area (Å²) in [5.41, 5.74) is 11.8. The third-order valence-corrected chi connectivity index (χ3v) is 9.43. The topological polar surface area (TPSA) is 48.5 Å². The van der Waals surface area contributed by atoms with E-state index in [4.69, 9.17) is 15.0 Å². The highest BCUT2D eigenvalue weighted by molar-refractivity contribution is 6.20. The molecule has 0 fully saturated rings. The van der Waals surface area contributed by atoms with Crippen LogP contribution in [0.2, 0.25) is 0 Å². The Morgan fingerprint density at radius 1 is 0.458 bits per heavy atom. The molecule has 0 aliphatic heterocycles. The first kappa shape index (κ1) is 28.2. The van der Waals surface area contributed by atoms with E-state index in [1.54, 1.807) is 0 Å². The maximum absolute atomic E-state index is 5.33. The molecule has 230 valence electrons. The van der Waals surface area contributed by atoms with Gasteiger partial charge >= 0.3 is 0 Å². The van der Waals surface area contributed by atoms with Crippen molar-refractivity contribution < 1.29 is 0 Å². The number of aromatic nitrogens is 5. The molecule has 6 aromatic carbocycles. The molecule has 0 aliphatic rings. The van der Waals surface area contributed by atoms with Crippen LogP contribution in [0.15, 0.2) is 140 Å². The molecule has 0 amide bonds. The number of hydrogen-bond donors (Lipinski definition) is 0. The van der Waals surface area contributed by atoms with E-state index in [1.165, 1.54) is 0 Å². The summed E-state index contributed by atoms with van der Waals surface area (Å²) in [6.45, 7) is 4.33. The maximum atomic E-state index is 5.33. The molecule has 5 heteroatoms. The van der Waals surface area contributed by atoms with Crippen LogP contribution in [0.3, 0.4) is 0 Å². The summed E-state index contributed by atoms with van der Waals surface area (Å²) >= 11 is 0. The van der Waals surface area contributed by atoms with Crippen LogP contribution in [0.25, 0.3) is 77.5 Å². The zero-order valence-corrected chi connectivity index (χ0v) is 26.9. The van der Waals surface area contributed by atoms with E-state index in [-0.39, 0.29) is 0 Å². The number of hydrogen-bond acceptors (Lipinski definition) is 3. The fourth-order valence-corrected chi connectivity index (χ4v) is 7.19. The van der Waals surface area contributed by atoms with Crippen molar-refractivity contribution in [3.05, 3.63) is 151 Å². The highest BCUT2D eigenvalue weighted by Gasteiger charge is 2.20. The van der Waals surface area contributed by atoms with E-state index in [0.717, 1.165) is 102 Å². The second-order valence-corrected chi connectivity index (χ2v) is 12.2. The first-order valence-electron chi connectivity index (χ1n) is 16.7. The van der Waals surface area contributed by atoms with Gasteiger partial charge in [0.25, 0.3) is 0 Å². The van der Waals surface area contributed by atoms with Gasteiger partial charge in [0, 0.05) is 40.6 Å². The second kappa shape index (κ2) is 11.3. The number of imidazole rings is 2. The predicted molar refractivity (Wildman–Crippen MR) is 198 cm³/mol. The summed E-state index contributed by atoms with van der Waals surface area (Å²) in [6, 6.07) is 49.3. The number of benzene rings is 6. The molecule has 0 N–H and O–H groups in total. The Hall–Kier alpha value is -6.07. The van der Waals surface area contributed by atoms with Crippen LogP contribution in [0.5, 0.6) is 0 Å². The van der Waals surface area contributed by atoms with Gasteiger partial charge in [0.1, 0.15) is 11.6 Å². The minimum absolute atomic E-state index is 0.821. The van der Waals surface area contributed by atoms with Crippen molar-refractivity contribution in [3.8, 4) is 33.8 Å².